The van der Waals surface area contributed by atoms with E-state index in [0.29, 0.717) is 30.3 Å². The number of piperidine rings is 1. The highest BCUT2D eigenvalue weighted by Gasteiger charge is 2.30. The number of hydrogen-bond donors (Lipinski definition) is 2. The summed E-state index contributed by atoms with van der Waals surface area (Å²) in [6.07, 6.45) is 2.11. The van der Waals surface area contributed by atoms with Gasteiger partial charge in [-0.1, -0.05) is 6.92 Å². The molecular formula is C13H17N3O3. The molecule has 19 heavy (non-hydrogen) atoms. The van der Waals surface area contributed by atoms with Gasteiger partial charge in [0, 0.05) is 19.3 Å². The van der Waals surface area contributed by atoms with E-state index in [1.54, 1.807) is 12.1 Å². The molecule has 0 bridgehead atoms. The van der Waals surface area contributed by atoms with Crippen LogP contribution in [0.5, 0.6) is 0 Å². The first-order chi connectivity index (χ1) is 8.97. The average Bonchev–Trinajstić information content (AvgIpc) is 2.38. The third-order valence-corrected chi connectivity index (χ3v) is 3.37. The summed E-state index contributed by atoms with van der Waals surface area (Å²) in [5.41, 5.74) is 5.51. The number of carbonyl (C=O) groups excluding carboxylic acids is 1. The SMILES string of the molecule is CC1CC(C(=O)O)CN(c2ccc(C(N)=O)cn2)C1. The largest absolute Gasteiger partial charge is 0.481 e. The summed E-state index contributed by atoms with van der Waals surface area (Å²) in [7, 11) is 0. The third-order valence-electron chi connectivity index (χ3n) is 3.37. The Morgan fingerprint density at radius 3 is 2.68 bits per heavy atom. The Bertz CT molecular complexity index is 486. The van der Waals surface area contributed by atoms with E-state index in [1.165, 1.54) is 6.20 Å². The molecule has 1 aromatic heterocycles. The molecule has 1 aromatic rings. The van der Waals surface area contributed by atoms with Crippen LogP contribution in [0.25, 0.3) is 0 Å². The van der Waals surface area contributed by atoms with Crippen molar-refractivity contribution >= 4 is 17.7 Å². The molecule has 1 aliphatic heterocycles. The van der Waals surface area contributed by atoms with Crippen LogP contribution in [0, 0.1) is 11.8 Å². The normalized spacial score (nSPS) is 23.1. The first kappa shape index (κ1) is 13.3. The number of pyridine rings is 1. The molecule has 1 saturated heterocycles. The molecule has 1 aliphatic rings. The molecule has 0 spiro atoms. The van der Waals surface area contributed by atoms with Gasteiger partial charge in [-0.15, -0.1) is 0 Å². The predicted molar refractivity (Wildman–Crippen MR) is 69.9 cm³/mol. The molecule has 2 atom stereocenters. The summed E-state index contributed by atoms with van der Waals surface area (Å²) >= 11 is 0. The summed E-state index contributed by atoms with van der Waals surface area (Å²) in [6, 6.07) is 3.32. The molecule has 1 fully saturated rings. The van der Waals surface area contributed by atoms with Crippen molar-refractivity contribution in [2.75, 3.05) is 18.0 Å². The highest BCUT2D eigenvalue weighted by Crippen LogP contribution is 2.25. The number of anilines is 1. The predicted octanol–water partition coefficient (Wildman–Crippen LogP) is 0.728. The zero-order valence-corrected chi connectivity index (χ0v) is 10.7. The fourth-order valence-electron chi connectivity index (χ4n) is 2.44. The van der Waals surface area contributed by atoms with Crippen molar-refractivity contribution in [2.24, 2.45) is 17.6 Å². The maximum atomic E-state index is 11.1. The van der Waals surface area contributed by atoms with Crippen LogP contribution in [-0.4, -0.2) is 35.1 Å². The van der Waals surface area contributed by atoms with Crippen LogP contribution < -0.4 is 10.6 Å². The lowest BCUT2D eigenvalue weighted by atomic mass is 9.90. The molecule has 2 unspecified atom stereocenters. The molecule has 6 nitrogen and oxygen atoms in total. The number of amides is 1. The van der Waals surface area contributed by atoms with Crippen LogP contribution in [0.4, 0.5) is 5.82 Å². The Labute approximate surface area is 111 Å². The Hall–Kier alpha value is -2.11. The van der Waals surface area contributed by atoms with Crippen LogP contribution in [0.3, 0.4) is 0 Å². The Morgan fingerprint density at radius 2 is 2.16 bits per heavy atom. The number of carbonyl (C=O) groups is 2. The topological polar surface area (TPSA) is 96.5 Å². The fourth-order valence-corrected chi connectivity index (χ4v) is 2.44. The minimum absolute atomic E-state index is 0.299. The van der Waals surface area contributed by atoms with Crippen molar-refractivity contribution < 1.29 is 14.7 Å². The number of aliphatic carboxylic acids is 1. The van der Waals surface area contributed by atoms with Gasteiger partial charge in [-0.3, -0.25) is 9.59 Å². The van der Waals surface area contributed by atoms with Gasteiger partial charge < -0.3 is 15.7 Å². The second-order valence-electron chi connectivity index (χ2n) is 5.05. The summed E-state index contributed by atoms with van der Waals surface area (Å²) in [6.45, 7) is 3.25. The quantitative estimate of drug-likeness (QED) is 0.838. The molecule has 0 radical (unpaired) electrons. The zero-order valence-electron chi connectivity index (χ0n) is 10.7. The number of carboxylic acids is 1. The van der Waals surface area contributed by atoms with Crippen LogP contribution >= 0.6 is 0 Å². The van der Waals surface area contributed by atoms with Gasteiger partial charge in [0.2, 0.25) is 5.91 Å². The molecule has 6 heteroatoms. The second-order valence-corrected chi connectivity index (χ2v) is 5.05. The molecule has 102 valence electrons. The molecule has 3 N–H and O–H groups in total. The zero-order chi connectivity index (χ0) is 14.0. The molecule has 0 aliphatic carbocycles. The first-order valence-corrected chi connectivity index (χ1v) is 6.21. The highest BCUT2D eigenvalue weighted by molar-refractivity contribution is 5.92. The molecular weight excluding hydrogens is 246 g/mol. The Kier molecular flexibility index (Phi) is 3.69. The number of rotatable bonds is 3. The number of carboxylic acid groups (broad SMARTS) is 1. The van der Waals surface area contributed by atoms with Crippen LogP contribution in [0.1, 0.15) is 23.7 Å². The van der Waals surface area contributed by atoms with Crippen molar-refractivity contribution in [1.82, 2.24) is 4.98 Å². The Balaban J connectivity index is 2.16. The van der Waals surface area contributed by atoms with Crippen molar-refractivity contribution in [3.05, 3.63) is 23.9 Å². The number of primary amides is 1. The lowest BCUT2D eigenvalue weighted by Crippen LogP contribution is -2.42. The lowest BCUT2D eigenvalue weighted by Gasteiger charge is -2.35. The van der Waals surface area contributed by atoms with Gasteiger partial charge in [0.25, 0.3) is 0 Å². The van der Waals surface area contributed by atoms with Gasteiger partial charge >= 0.3 is 5.97 Å². The van der Waals surface area contributed by atoms with E-state index in [2.05, 4.69) is 4.98 Å². The van der Waals surface area contributed by atoms with Gasteiger partial charge in [-0.2, -0.15) is 0 Å². The van der Waals surface area contributed by atoms with Gasteiger partial charge in [-0.25, -0.2) is 4.98 Å². The van der Waals surface area contributed by atoms with E-state index >= 15 is 0 Å². The second kappa shape index (κ2) is 5.26. The van der Waals surface area contributed by atoms with Crippen molar-refractivity contribution in [3.63, 3.8) is 0 Å². The van der Waals surface area contributed by atoms with Crippen molar-refractivity contribution in [2.45, 2.75) is 13.3 Å². The van der Waals surface area contributed by atoms with Gasteiger partial charge in [0.15, 0.2) is 0 Å². The van der Waals surface area contributed by atoms with E-state index in [4.69, 9.17) is 10.8 Å². The number of nitrogens with zero attached hydrogens (tertiary/aromatic N) is 2. The van der Waals surface area contributed by atoms with Gasteiger partial charge in [0.1, 0.15) is 5.82 Å². The van der Waals surface area contributed by atoms with Gasteiger partial charge in [0.05, 0.1) is 11.5 Å². The smallest absolute Gasteiger partial charge is 0.308 e. The average molecular weight is 263 g/mol. The van der Waals surface area contributed by atoms with E-state index < -0.39 is 11.9 Å². The summed E-state index contributed by atoms with van der Waals surface area (Å²) in [5.74, 6) is -0.684. The molecule has 0 aromatic carbocycles. The van der Waals surface area contributed by atoms with E-state index in [-0.39, 0.29) is 5.92 Å². The monoisotopic (exact) mass is 263 g/mol. The fraction of sp³-hybridized carbons (Fsp3) is 0.462. The maximum Gasteiger partial charge on any atom is 0.308 e. The van der Waals surface area contributed by atoms with E-state index in [9.17, 15) is 9.59 Å². The maximum absolute atomic E-state index is 11.1. The van der Waals surface area contributed by atoms with Crippen LogP contribution in [0.15, 0.2) is 18.3 Å². The molecule has 2 heterocycles. The van der Waals surface area contributed by atoms with Crippen LogP contribution in [-0.2, 0) is 4.79 Å². The summed E-state index contributed by atoms with van der Waals surface area (Å²) < 4.78 is 0. The lowest BCUT2D eigenvalue weighted by molar-refractivity contribution is -0.142. The standard InChI is InChI=1S/C13H17N3O3/c1-8-4-10(13(18)19)7-16(6-8)11-3-2-9(5-15-11)12(14)17/h2-3,5,8,10H,4,6-7H2,1H3,(H2,14,17)(H,18,19). The van der Waals surface area contributed by atoms with E-state index in [1.807, 2.05) is 11.8 Å². The van der Waals surface area contributed by atoms with E-state index in [0.717, 1.165) is 6.54 Å². The summed E-state index contributed by atoms with van der Waals surface area (Å²) in [5, 5.41) is 9.13. The molecule has 2 rings (SSSR count). The number of nitrogens with two attached hydrogens (primary N) is 1. The summed E-state index contributed by atoms with van der Waals surface area (Å²) in [4.78, 5) is 28.2. The van der Waals surface area contributed by atoms with Crippen molar-refractivity contribution in [1.29, 1.82) is 0 Å². The van der Waals surface area contributed by atoms with Gasteiger partial charge in [-0.05, 0) is 24.5 Å². The number of hydrogen-bond acceptors (Lipinski definition) is 4. The Morgan fingerprint density at radius 1 is 1.42 bits per heavy atom. The molecule has 0 saturated carbocycles. The van der Waals surface area contributed by atoms with Crippen LogP contribution in [0.2, 0.25) is 0 Å². The number of aromatic nitrogens is 1. The molecule has 1 amide bonds. The highest BCUT2D eigenvalue weighted by atomic mass is 16.4. The minimum atomic E-state index is -0.773. The third kappa shape index (κ3) is 3.01. The minimum Gasteiger partial charge on any atom is -0.481 e. The van der Waals surface area contributed by atoms with Crippen molar-refractivity contribution in [3.8, 4) is 0 Å². The first-order valence-electron chi connectivity index (χ1n) is 6.21.